The number of carbonyl (C=O) groups excluding carboxylic acids is 1. The molecular weight excluding hydrogens is 298 g/mol. The normalized spacial score (nSPS) is 15.3. The monoisotopic (exact) mass is 322 g/mol. The molecule has 0 bridgehead atoms. The number of morpholine rings is 1. The molecule has 1 aliphatic heterocycles. The molecule has 0 atom stereocenters. The predicted molar refractivity (Wildman–Crippen MR) is 96.1 cm³/mol. The summed E-state index contributed by atoms with van der Waals surface area (Å²) in [4.78, 5) is 13.0. The van der Waals surface area contributed by atoms with Crippen molar-refractivity contribution in [2.75, 3.05) is 32.8 Å². The van der Waals surface area contributed by atoms with Crippen LogP contribution in [0.4, 0.5) is 0 Å². The van der Waals surface area contributed by atoms with Gasteiger partial charge in [-0.25, -0.2) is 0 Å². The Morgan fingerprint density at radius 2 is 1.29 bits per heavy atom. The second-order valence-corrected chi connectivity index (χ2v) is 6.32. The zero-order chi connectivity index (χ0) is 16.6. The highest BCUT2D eigenvalue weighted by Crippen LogP contribution is 2.11. The first-order valence-electron chi connectivity index (χ1n) is 8.68. The van der Waals surface area contributed by atoms with Crippen molar-refractivity contribution >= 4 is 6.29 Å². The van der Waals surface area contributed by atoms with E-state index in [1.165, 1.54) is 16.7 Å². The van der Waals surface area contributed by atoms with E-state index in [0.717, 1.165) is 52.1 Å². The van der Waals surface area contributed by atoms with Crippen molar-refractivity contribution in [3.63, 3.8) is 0 Å². The highest BCUT2D eigenvalue weighted by Gasteiger charge is 2.09. The summed E-state index contributed by atoms with van der Waals surface area (Å²) in [5.74, 6) is 0. The van der Waals surface area contributed by atoms with Crippen LogP contribution < -0.4 is 0 Å². The number of ether oxygens (including phenoxy) is 1. The lowest BCUT2D eigenvalue weighted by Gasteiger charge is -2.26. The molecule has 1 radical (unpaired) electrons. The van der Waals surface area contributed by atoms with Gasteiger partial charge in [-0.05, 0) is 36.0 Å². The summed E-state index contributed by atoms with van der Waals surface area (Å²) < 4.78 is 5.38. The van der Waals surface area contributed by atoms with Crippen molar-refractivity contribution in [3.05, 3.63) is 70.8 Å². The number of nitrogens with zero attached hydrogens (tertiary/aromatic N) is 1. The Hall–Kier alpha value is -1.97. The van der Waals surface area contributed by atoms with Gasteiger partial charge in [0.05, 0.1) is 13.2 Å². The molecule has 0 aromatic heterocycles. The van der Waals surface area contributed by atoms with Crippen molar-refractivity contribution in [1.82, 2.24) is 4.90 Å². The van der Waals surface area contributed by atoms with Crippen LogP contribution in [0.5, 0.6) is 0 Å². The second-order valence-electron chi connectivity index (χ2n) is 6.32. The van der Waals surface area contributed by atoms with E-state index in [0.29, 0.717) is 5.56 Å². The van der Waals surface area contributed by atoms with E-state index in [4.69, 9.17) is 4.74 Å². The van der Waals surface area contributed by atoms with Gasteiger partial charge < -0.3 is 4.74 Å². The summed E-state index contributed by atoms with van der Waals surface area (Å²) >= 11 is 0. The number of hydrogen-bond donors (Lipinski definition) is 0. The summed E-state index contributed by atoms with van der Waals surface area (Å²) in [7, 11) is 0. The second kappa shape index (κ2) is 8.76. The molecule has 3 heteroatoms. The lowest BCUT2D eigenvalue weighted by Crippen LogP contribution is -2.37. The number of aryl methyl sites for hydroxylation is 2. The smallest absolute Gasteiger partial charge is 0.233 e. The van der Waals surface area contributed by atoms with Gasteiger partial charge in [0, 0.05) is 25.2 Å². The van der Waals surface area contributed by atoms with Gasteiger partial charge in [-0.3, -0.25) is 9.69 Å². The SMILES string of the molecule is O=[C]c1ccc(CCc2ccc(CCN3CCOCC3)cc2)cc1. The molecule has 24 heavy (non-hydrogen) atoms. The first-order valence-corrected chi connectivity index (χ1v) is 8.68. The van der Waals surface area contributed by atoms with Gasteiger partial charge in [0.25, 0.3) is 0 Å². The highest BCUT2D eigenvalue weighted by atomic mass is 16.5. The Balaban J connectivity index is 1.45. The summed E-state index contributed by atoms with van der Waals surface area (Å²) in [6.45, 7) is 4.95. The molecule has 0 spiro atoms. The van der Waals surface area contributed by atoms with Crippen LogP contribution in [-0.2, 0) is 28.8 Å². The number of rotatable bonds is 7. The third kappa shape index (κ3) is 5.02. The fourth-order valence-electron chi connectivity index (χ4n) is 3.01. The Labute approximate surface area is 144 Å². The van der Waals surface area contributed by atoms with E-state index in [2.05, 4.69) is 29.2 Å². The maximum Gasteiger partial charge on any atom is 0.233 e. The van der Waals surface area contributed by atoms with Crippen LogP contribution in [0, 0.1) is 0 Å². The lowest BCUT2D eigenvalue weighted by atomic mass is 10.0. The van der Waals surface area contributed by atoms with Crippen molar-refractivity contribution in [3.8, 4) is 0 Å². The topological polar surface area (TPSA) is 29.5 Å². The van der Waals surface area contributed by atoms with E-state index in [1.807, 2.05) is 30.6 Å². The molecule has 1 aliphatic rings. The summed E-state index contributed by atoms with van der Waals surface area (Å²) in [5.41, 5.74) is 4.63. The molecule has 0 saturated carbocycles. The average Bonchev–Trinajstić information content (AvgIpc) is 2.67. The molecule has 2 aromatic rings. The van der Waals surface area contributed by atoms with Crippen molar-refractivity contribution in [2.24, 2.45) is 0 Å². The zero-order valence-corrected chi connectivity index (χ0v) is 14.0. The Bertz CT molecular complexity index is 628. The minimum Gasteiger partial charge on any atom is -0.379 e. The van der Waals surface area contributed by atoms with Gasteiger partial charge in [-0.15, -0.1) is 0 Å². The van der Waals surface area contributed by atoms with Crippen LogP contribution in [0.3, 0.4) is 0 Å². The third-order valence-electron chi connectivity index (χ3n) is 4.62. The molecule has 3 rings (SSSR count). The van der Waals surface area contributed by atoms with E-state index in [-0.39, 0.29) is 0 Å². The number of benzene rings is 2. The van der Waals surface area contributed by atoms with Gasteiger partial charge in [0.2, 0.25) is 6.29 Å². The predicted octanol–water partition coefficient (Wildman–Crippen LogP) is 2.80. The van der Waals surface area contributed by atoms with Crippen LogP contribution in [0.2, 0.25) is 0 Å². The zero-order valence-electron chi connectivity index (χ0n) is 14.0. The molecule has 2 aromatic carbocycles. The van der Waals surface area contributed by atoms with Crippen LogP contribution in [-0.4, -0.2) is 44.0 Å². The quantitative estimate of drug-likeness (QED) is 0.785. The van der Waals surface area contributed by atoms with E-state index < -0.39 is 0 Å². The van der Waals surface area contributed by atoms with Gasteiger partial charge in [-0.2, -0.15) is 0 Å². The minimum atomic E-state index is 0.614. The van der Waals surface area contributed by atoms with Gasteiger partial charge in [-0.1, -0.05) is 48.5 Å². The minimum absolute atomic E-state index is 0.614. The summed E-state index contributed by atoms with van der Waals surface area (Å²) in [5, 5.41) is 0. The number of hydrogen-bond acceptors (Lipinski definition) is 3. The molecule has 1 fully saturated rings. The molecule has 0 aliphatic carbocycles. The molecule has 3 nitrogen and oxygen atoms in total. The maximum atomic E-state index is 10.5. The molecule has 0 amide bonds. The van der Waals surface area contributed by atoms with E-state index in [1.54, 1.807) is 0 Å². The van der Waals surface area contributed by atoms with Crippen LogP contribution in [0.25, 0.3) is 0 Å². The van der Waals surface area contributed by atoms with Crippen molar-refractivity contribution in [1.29, 1.82) is 0 Å². The Morgan fingerprint density at radius 1 is 0.792 bits per heavy atom. The van der Waals surface area contributed by atoms with Crippen molar-refractivity contribution < 1.29 is 9.53 Å². The summed E-state index contributed by atoms with van der Waals surface area (Å²) in [6.07, 6.45) is 5.02. The van der Waals surface area contributed by atoms with Gasteiger partial charge >= 0.3 is 0 Å². The van der Waals surface area contributed by atoms with Crippen molar-refractivity contribution in [2.45, 2.75) is 19.3 Å². The largest absolute Gasteiger partial charge is 0.379 e. The standard InChI is InChI=1S/C21H24NO2/c23-17-21-9-7-19(8-10-21)2-1-18-3-5-20(6-4-18)11-12-22-13-15-24-16-14-22/h3-10H,1-2,11-16H2. The Morgan fingerprint density at radius 3 is 1.83 bits per heavy atom. The van der Waals surface area contributed by atoms with Crippen LogP contribution >= 0.6 is 0 Å². The van der Waals surface area contributed by atoms with Crippen LogP contribution in [0.1, 0.15) is 22.3 Å². The molecule has 1 heterocycles. The summed E-state index contributed by atoms with van der Waals surface area (Å²) in [6, 6.07) is 16.7. The third-order valence-corrected chi connectivity index (χ3v) is 4.62. The lowest BCUT2D eigenvalue weighted by molar-refractivity contribution is 0.0384. The van der Waals surface area contributed by atoms with E-state index >= 15 is 0 Å². The van der Waals surface area contributed by atoms with Crippen LogP contribution in [0.15, 0.2) is 48.5 Å². The highest BCUT2D eigenvalue weighted by molar-refractivity contribution is 5.75. The molecule has 0 N–H and O–H groups in total. The Kier molecular flexibility index (Phi) is 6.16. The van der Waals surface area contributed by atoms with E-state index in [9.17, 15) is 4.79 Å². The fraction of sp³-hybridized carbons (Fsp3) is 0.381. The molecule has 1 saturated heterocycles. The fourth-order valence-corrected chi connectivity index (χ4v) is 3.01. The first-order chi connectivity index (χ1) is 11.8. The van der Waals surface area contributed by atoms with Gasteiger partial charge in [0.1, 0.15) is 0 Å². The molecule has 0 unspecified atom stereocenters. The average molecular weight is 322 g/mol. The maximum absolute atomic E-state index is 10.5. The molecular formula is C21H24NO2. The molecule has 125 valence electrons. The van der Waals surface area contributed by atoms with Gasteiger partial charge in [0.15, 0.2) is 0 Å². The first kappa shape index (κ1) is 16.9.